The van der Waals surface area contributed by atoms with Crippen molar-refractivity contribution >= 4 is 11.9 Å². The molecule has 0 saturated carbocycles. The van der Waals surface area contributed by atoms with Crippen molar-refractivity contribution in [2.45, 2.75) is 283 Å². The highest BCUT2D eigenvalue weighted by Gasteiger charge is 2.17. The Morgan fingerprint density at radius 2 is 0.828 bits per heavy atom. The normalized spacial score (nSPS) is 12.8. The lowest BCUT2D eigenvalue weighted by Gasteiger charge is -2.19. The van der Waals surface area contributed by atoms with Gasteiger partial charge in [-0.2, -0.15) is 0 Å². The summed E-state index contributed by atoms with van der Waals surface area (Å²) in [5, 5.41) is 23.0. The highest BCUT2D eigenvalue weighted by molar-refractivity contribution is 5.76. The van der Waals surface area contributed by atoms with Crippen LogP contribution >= 0.6 is 0 Å². The summed E-state index contributed by atoms with van der Waals surface area (Å²) < 4.78 is 5.44. The summed E-state index contributed by atoms with van der Waals surface area (Å²) in [5.74, 6) is -0.162. The van der Waals surface area contributed by atoms with Crippen molar-refractivity contribution in [1.82, 2.24) is 5.32 Å². The van der Waals surface area contributed by atoms with E-state index in [1.54, 1.807) is 6.08 Å². The number of esters is 1. The Balaban J connectivity index is 3.57. The van der Waals surface area contributed by atoms with E-state index in [9.17, 15) is 19.8 Å². The number of aliphatic hydroxyl groups excluding tert-OH is 2. The van der Waals surface area contributed by atoms with E-state index in [1.165, 1.54) is 173 Å². The van der Waals surface area contributed by atoms with Gasteiger partial charge in [0.15, 0.2) is 0 Å². The van der Waals surface area contributed by atoms with Crippen LogP contribution in [-0.4, -0.2) is 47.4 Å². The Morgan fingerprint density at radius 3 is 1.26 bits per heavy atom. The van der Waals surface area contributed by atoms with Crippen LogP contribution in [0.4, 0.5) is 0 Å². The van der Waals surface area contributed by atoms with E-state index >= 15 is 0 Å². The van der Waals surface area contributed by atoms with E-state index in [2.05, 4.69) is 31.3 Å². The fourth-order valence-electron chi connectivity index (χ4n) is 7.75. The van der Waals surface area contributed by atoms with Crippen LogP contribution in [-0.2, 0) is 14.3 Å². The van der Waals surface area contributed by atoms with Gasteiger partial charge in [-0.05, 0) is 51.4 Å². The van der Waals surface area contributed by atoms with E-state index < -0.39 is 12.1 Å². The van der Waals surface area contributed by atoms with Gasteiger partial charge in [0.2, 0.25) is 5.91 Å². The third kappa shape index (κ3) is 43.9. The molecule has 0 aliphatic rings. The van der Waals surface area contributed by atoms with Gasteiger partial charge in [-0.25, -0.2) is 0 Å². The van der Waals surface area contributed by atoms with Gasteiger partial charge in [-0.1, -0.05) is 231 Å². The van der Waals surface area contributed by atoms with Gasteiger partial charge in [0.05, 0.1) is 25.4 Å². The Bertz CT molecular complexity index is 904. The molecule has 0 aromatic carbocycles. The molecule has 0 aliphatic carbocycles. The van der Waals surface area contributed by atoms with Crippen molar-refractivity contribution < 1.29 is 24.5 Å². The number of hydrogen-bond donors (Lipinski definition) is 3. The second-order valence-electron chi connectivity index (χ2n) is 17.5. The first-order valence-electron chi connectivity index (χ1n) is 25.6. The number of rotatable bonds is 47. The van der Waals surface area contributed by atoms with Crippen LogP contribution in [0.5, 0.6) is 0 Å². The standard InChI is InChI=1S/C52H99NO5/c1-3-5-7-9-11-13-15-17-19-20-22-23-25-28-32-36-40-44-50(55)49(48-54)53-51(56)45-41-37-33-29-27-31-35-39-43-47-58-52(57)46-42-38-34-30-26-24-21-18-16-14-12-10-8-6-4-2/h29,33,40,44,49-50,54-55H,3-28,30-32,34-39,41-43,45-48H2,1-2H3,(H,53,56)/b33-29-,44-40+. The fraction of sp³-hybridized carbons (Fsp3) is 0.885. The summed E-state index contributed by atoms with van der Waals surface area (Å²) in [7, 11) is 0. The molecule has 0 rings (SSSR count). The summed E-state index contributed by atoms with van der Waals surface area (Å²) >= 11 is 0. The molecule has 0 radical (unpaired) electrons. The van der Waals surface area contributed by atoms with E-state index in [1.807, 2.05) is 6.08 Å². The average molecular weight is 818 g/mol. The maximum atomic E-state index is 12.4. The number of carbonyl (C=O) groups is 2. The van der Waals surface area contributed by atoms with Crippen LogP contribution in [0, 0.1) is 0 Å². The lowest BCUT2D eigenvalue weighted by Crippen LogP contribution is -2.45. The number of unbranched alkanes of at least 4 members (excludes halogenated alkanes) is 34. The molecule has 6 nitrogen and oxygen atoms in total. The molecule has 0 aliphatic heterocycles. The van der Waals surface area contributed by atoms with Crippen LogP contribution in [0.2, 0.25) is 0 Å². The van der Waals surface area contributed by atoms with Crippen molar-refractivity contribution in [3.63, 3.8) is 0 Å². The molecule has 0 bridgehead atoms. The Morgan fingerprint density at radius 1 is 0.466 bits per heavy atom. The minimum atomic E-state index is -0.874. The lowest BCUT2D eigenvalue weighted by molar-refractivity contribution is -0.143. The third-order valence-corrected chi connectivity index (χ3v) is 11.7. The first-order valence-corrected chi connectivity index (χ1v) is 25.6. The molecule has 0 saturated heterocycles. The van der Waals surface area contributed by atoms with Crippen LogP contribution in [0.25, 0.3) is 0 Å². The molecule has 0 heterocycles. The topological polar surface area (TPSA) is 95.9 Å². The van der Waals surface area contributed by atoms with E-state index in [4.69, 9.17) is 4.74 Å². The zero-order valence-corrected chi connectivity index (χ0v) is 38.8. The first-order chi connectivity index (χ1) is 28.5. The molecule has 0 aromatic heterocycles. The van der Waals surface area contributed by atoms with E-state index in [-0.39, 0.29) is 18.5 Å². The number of hydrogen-bond acceptors (Lipinski definition) is 5. The Hall–Kier alpha value is -1.66. The number of allylic oxidation sites excluding steroid dienone is 3. The van der Waals surface area contributed by atoms with Gasteiger partial charge in [-0.15, -0.1) is 0 Å². The largest absolute Gasteiger partial charge is 0.466 e. The number of aliphatic hydroxyl groups is 2. The third-order valence-electron chi connectivity index (χ3n) is 11.7. The fourth-order valence-corrected chi connectivity index (χ4v) is 7.75. The molecule has 2 unspecified atom stereocenters. The smallest absolute Gasteiger partial charge is 0.305 e. The second-order valence-corrected chi connectivity index (χ2v) is 17.5. The highest BCUT2D eigenvalue weighted by atomic mass is 16.5. The molecule has 342 valence electrons. The van der Waals surface area contributed by atoms with Gasteiger partial charge in [0.25, 0.3) is 0 Å². The lowest BCUT2D eigenvalue weighted by atomic mass is 10.0. The monoisotopic (exact) mass is 818 g/mol. The van der Waals surface area contributed by atoms with Gasteiger partial charge in [0, 0.05) is 12.8 Å². The van der Waals surface area contributed by atoms with Gasteiger partial charge < -0.3 is 20.3 Å². The highest BCUT2D eigenvalue weighted by Crippen LogP contribution is 2.16. The quantitative estimate of drug-likeness (QED) is 0.0323. The van der Waals surface area contributed by atoms with Crippen LogP contribution < -0.4 is 5.32 Å². The van der Waals surface area contributed by atoms with Crippen LogP contribution in [0.1, 0.15) is 271 Å². The zero-order chi connectivity index (χ0) is 42.3. The van der Waals surface area contributed by atoms with Crippen LogP contribution in [0.3, 0.4) is 0 Å². The van der Waals surface area contributed by atoms with Crippen molar-refractivity contribution in [3.05, 3.63) is 24.3 Å². The van der Waals surface area contributed by atoms with Crippen molar-refractivity contribution in [2.75, 3.05) is 13.2 Å². The molecule has 0 fully saturated rings. The summed E-state index contributed by atoms with van der Waals surface area (Å²) in [6.07, 6.45) is 56.1. The minimum Gasteiger partial charge on any atom is -0.466 e. The maximum absolute atomic E-state index is 12.4. The van der Waals surface area contributed by atoms with E-state index in [0.717, 1.165) is 70.6 Å². The zero-order valence-electron chi connectivity index (χ0n) is 38.8. The molecule has 2 atom stereocenters. The van der Waals surface area contributed by atoms with Gasteiger partial charge >= 0.3 is 5.97 Å². The number of ether oxygens (including phenoxy) is 1. The predicted octanol–water partition coefficient (Wildman–Crippen LogP) is 15.1. The number of nitrogens with one attached hydrogen (secondary N) is 1. The maximum Gasteiger partial charge on any atom is 0.305 e. The SMILES string of the molecule is CCCCCCCCCCCCCCCCC/C=C/C(O)C(CO)NC(=O)CCC/C=C\CCCCCCOC(=O)CCCCCCCCCCCCCCCCC. The summed E-state index contributed by atoms with van der Waals surface area (Å²) in [4.78, 5) is 24.4. The summed E-state index contributed by atoms with van der Waals surface area (Å²) in [6, 6.07) is -0.664. The summed E-state index contributed by atoms with van der Waals surface area (Å²) in [5.41, 5.74) is 0. The molecular weight excluding hydrogens is 719 g/mol. The predicted molar refractivity (Wildman–Crippen MR) is 250 cm³/mol. The Kier molecular flexibility index (Phi) is 46.6. The molecule has 3 N–H and O–H groups in total. The average Bonchev–Trinajstić information content (AvgIpc) is 3.22. The number of carbonyl (C=O) groups excluding carboxylic acids is 2. The van der Waals surface area contributed by atoms with Crippen molar-refractivity contribution in [1.29, 1.82) is 0 Å². The van der Waals surface area contributed by atoms with Crippen molar-refractivity contribution in [3.8, 4) is 0 Å². The second kappa shape index (κ2) is 48.0. The molecule has 1 amide bonds. The molecule has 6 heteroatoms. The van der Waals surface area contributed by atoms with Crippen LogP contribution in [0.15, 0.2) is 24.3 Å². The first kappa shape index (κ1) is 56.3. The minimum absolute atomic E-state index is 0.0352. The molecule has 0 aromatic rings. The molecule has 0 spiro atoms. The van der Waals surface area contributed by atoms with Gasteiger partial charge in [0.1, 0.15) is 0 Å². The van der Waals surface area contributed by atoms with E-state index in [0.29, 0.717) is 19.4 Å². The number of amides is 1. The Labute approximate surface area is 361 Å². The van der Waals surface area contributed by atoms with Crippen molar-refractivity contribution in [2.24, 2.45) is 0 Å². The van der Waals surface area contributed by atoms with Gasteiger partial charge in [-0.3, -0.25) is 9.59 Å². The molecular formula is C52H99NO5. The molecule has 58 heavy (non-hydrogen) atoms. The summed E-state index contributed by atoms with van der Waals surface area (Å²) in [6.45, 7) is 4.82.